The van der Waals surface area contributed by atoms with E-state index in [2.05, 4.69) is 11.9 Å². The van der Waals surface area contributed by atoms with Crippen LogP contribution in [0.15, 0.2) is 24.8 Å². The molecule has 0 spiro atoms. The van der Waals surface area contributed by atoms with E-state index in [1.165, 1.54) is 18.2 Å². The molecule has 0 fully saturated rings. The number of carbonyl (C=O) groups is 2. The van der Waals surface area contributed by atoms with E-state index >= 15 is 0 Å². The first kappa shape index (κ1) is 12.8. The molecule has 5 nitrogen and oxygen atoms in total. The van der Waals surface area contributed by atoms with E-state index in [1.807, 2.05) is 0 Å². The number of benzene rings is 1. The first-order valence-electron chi connectivity index (χ1n) is 4.90. The average molecular weight is 235 g/mol. The third-order valence-electron chi connectivity index (χ3n) is 2.16. The van der Waals surface area contributed by atoms with Crippen molar-refractivity contribution in [2.45, 2.75) is 6.92 Å². The highest BCUT2D eigenvalue weighted by molar-refractivity contribution is 5.91. The van der Waals surface area contributed by atoms with Gasteiger partial charge in [-0.2, -0.15) is 0 Å². The Morgan fingerprint density at radius 3 is 2.47 bits per heavy atom. The molecule has 3 N–H and O–H groups in total. The zero-order chi connectivity index (χ0) is 13.0. The molecule has 0 saturated heterocycles. The lowest BCUT2D eigenvalue weighted by molar-refractivity contribution is -0.134. The van der Waals surface area contributed by atoms with Gasteiger partial charge in [-0.1, -0.05) is 6.58 Å². The van der Waals surface area contributed by atoms with E-state index in [0.29, 0.717) is 16.8 Å². The monoisotopic (exact) mass is 235 g/mol. The van der Waals surface area contributed by atoms with Crippen LogP contribution >= 0.6 is 0 Å². The van der Waals surface area contributed by atoms with Crippen molar-refractivity contribution in [2.75, 3.05) is 11.9 Å². The number of nitrogens with one attached hydrogen (secondary N) is 1. The SMILES string of the molecule is C=C(C)c1cc(C(=O)O)ccc1NCC(=O)O. The van der Waals surface area contributed by atoms with Crippen molar-refractivity contribution in [1.29, 1.82) is 0 Å². The molecule has 0 bridgehead atoms. The Morgan fingerprint density at radius 1 is 1.35 bits per heavy atom. The molecule has 1 aromatic rings. The lowest BCUT2D eigenvalue weighted by Crippen LogP contribution is -2.13. The normalized spacial score (nSPS) is 9.71. The van der Waals surface area contributed by atoms with Crippen molar-refractivity contribution in [3.05, 3.63) is 35.9 Å². The number of carboxylic acid groups (broad SMARTS) is 2. The topological polar surface area (TPSA) is 86.6 Å². The molecule has 0 aliphatic rings. The van der Waals surface area contributed by atoms with Gasteiger partial charge in [0.2, 0.25) is 0 Å². The molecule has 0 aromatic heterocycles. The molecule has 0 aliphatic carbocycles. The summed E-state index contributed by atoms with van der Waals surface area (Å²) >= 11 is 0. The highest BCUT2D eigenvalue weighted by Crippen LogP contribution is 2.23. The fraction of sp³-hybridized carbons (Fsp3) is 0.167. The first-order valence-corrected chi connectivity index (χ1v) is 4.90. The Kier molecular flexibility index (Phi) is 3.87. The molecule has 0 aliphatic heterocycles. The van der Waals surface area contributed by atoms with E-state index in [9.17, 15) is 9.59 Å². The van der Waals surface area contributed by atoms with Crippen LogP contribution in [0.1, 0.15) is 22.8 Å². The Morgan fingerprint density at radius 2 is 2.00 bits per heavy atom. The van der Waals surface area contributed by atoms with Crippen LogP contribution < -0.4 is 5.32 Å². The molecular weight excluding hydrogens is 222 g/mol. The van der Waals surface area contributed by atoms with Crippen molar-refractivity contribution in [2.24, 2.45) is 0 Å². The molecule has 0 heterocycles. The van der Waals surface area contributed by atoms with Crippen LogP contribution in [-0.2, 0) is 4.79 Å². The second-order valence-electron chi connectivity index (χ2n) is 3.59. The van der Waals surface area contributed by atoms with Crippen LogP contribution in [-0.4, -0.2) is 28.7 Å². The van der Waals surface area contributed by atoms with E-state index in [4.69, 9.17) is 10.2 Å². The van der Waals surface area contributed by atoms with Gasteiger partial charge in [-0.25, -0.2) is 4.79 Å². The predicted molar refractivity (Wildman–Crippen MR) is 64.2 cm³/mol. The quantitative estimate of drug-likeness (QED) is 0.725. The molecular formula is C12H13NO4. The molecule has 0 atom stereocenters. The number of hydrogen-bond acceptors (Lipinski definition) is 3. The largest absolute Gasteiger partial charge is 0.480 e. The fourth-order valence-corrected chi connectivity index (χ4v) is 1.36. The zero-order valence-corrected chi connectivity index (χ0v) is 9.36. The lowest BCUT2D eigenvalue weighted by Gasteiger charge is -2.11. The Hall–Kier alpha value is -2.30. The van der Waals surface area contributed by atoms with Gasteiger partial charge in [0, 0.05) is 11.3 Å². The number of carboxylic acids is 2. The van der Waals surface area contributed by atoms with Crippen molar-refractivity contribution in [3.63, 3.8) is 0 Å². The summed E-state index contributed by atoms with van der Waals surface area (Å²) in [6.07, 6.45) is 0. The van der Waals surface area contributed by atoms with Gasteiger partial charge in [0.05, 0.1) is 5.56 Å². The number of aromatic carboxylic acids is 1. The maximum Gasteiger partial charge on any atom is 0.335 e. The summed E-state index contributed by atoms with van der Waals surface area (Å²) in [5, 5.41) is 20.1. The van der Waals surface area contributed by atoms with Crippen molar-refractivity contribution in [1.82, 2.24) is 0 Å². The highest BCUT2D eigenvalue weighted by atomic mass is 16.4. The van der Waals surface area contributed by atoms with Gasteiger partial charge in [-0.05, 0) is 30.7 Å². The molecule has 0 unspecified atom stereocenters. The Balaban J connectivity index is 3.08. The summed E-state index contributed by atoms with van der Waals surface area (Å²) < 4.78 is 0. The van der Waals surface area contributed by atoms with E-state index < -0.39 is 11.9 Å². The third kappa shape index (κ3) is 3.34. The van der Waals surface area contributed by atoms with Crippen molar-refractivity contribution < 1.29 is 19.8 Å². The van der Waals surface area contributed by atoms with Gasteiger partial charge in [0.25, 0.3) is 0 Å². The number of aliphatic carboxylic acids is 1. The molecule has 1 rings (SSSR count). The maximum absolute atomic E-state index is 10.8. The highest BCUT2D eigenvalue weighted by Gasteiger charge is 2.09. The summed E-state index contributed by atoms with van der Waals surface area (Å²) in [5.74, 6) is -2.02. The number of allylic oxidation sites excluding steroid dienone is 1. The molecule has 17 heavy (non-hydrogen) atoms. The molecule has 90 valence electrons. The third-order valence-corrected chi connectivity index (χ3v) is 2.16. The molecule has 0 amide bonds. The van der Waals surface area contributed by atoms with Gasteiger partial charge in [-0.3, -0.25) is 4.79 Å². The maximum atomic E-state index is 10.8. The van der Waals surface area contributed by atoms with E-state index in [-0.39, 0.29) is 12.1 Å². The summed E-state index contributed by atoms with van der Waals surface area (Å²) in [6.45, 7) is 5.23. The predicted octanol–water partition coefficient (Wildman–Crippen LogP) is 1.91. The van der Waals surface area contributed by atoms with Crippen LogP contribution in [0.2, 0.25) is 0 Å². The molecule has 0 radical (unpaired) electrons. The van der Waals surface area contributed by atoms with Crippen LogP contribution in [0.4, 0.5) is 5.69 Å². The van der Waals surface area contributed by atoms with Crippen LogP contribution in [0, 0.1) is 0 Å². The minimum absolute atomic E-state index is 0.142. The minimum atomic E-state index is -1.03. The van der Waals surface area contributed by atoms with Gasteiger partial charge in [0.1, 0.15) is 6.54 Å². The summed E-state index contributed by atoms with van der Waals surface area (Å²) in [4.78, 5) is 21.3. The molecule has 0 saturated carbocycles. The van der Waals surface area contributed by atoms with Crippen LogP contribution in [0.5, 0.6) is 0 Å². The van der Waals surface area contributed by atoms with Gasteiger partial charge < -0.3 is 15.5 Å². The number of rotatable bonds is 5. The van der Waals surface area contributed by atoms with Gasteiger partial charge in [-0.15, -0.1) is 0 Å². The average Bonchev–Trinajstić information content (AvgIpc) is 2.25. The second-order valence-corrected chi connectivity index (χ2v) is 3.59. The van der Waals surface area contributed by atoms with Crippen molar-refractivity contribution >= 4 is 23.2 Å². The summed E-state index contributed by atoms with van der Waals surface area (Å²) in [6, 6.07) is 4.42. The van der Waals surface area contributed by atoms with E-state index in [0.717, 1.165) is 0 Å². The van der Waals surface area contributed by atoms with E-state index in [1.54, 1.807) is 6.92 Å². The summed E-state index contributed by atoms with van der Waals surface area (Å²) in [5.41, 5.74) is 1.97. The molecule has 1 aromatic carbocycles. The second kappa shape index (κ2) is 5.16. The number of hydrogen-bond donors (Lipinski definition) is 3. The standard InChI is InChI=1S/C12H13NO4/c1-7(2)9-5-8(12(16)17)3-4-10(9)13-6-11(14)15/h3-5,13H,1,6H2,2H3,(H,14,15)(H,16,17). The fourth-order valence-electron chi connectivity index (χ4n) is 1.36. The van der Waals surface area contributed by atoms with Crippen molar-refractivity contribution in [3.8, 4) is 0 Å². The number of anilines is 1. The summed E-state index contributed by atoms with van der Waals surface area (Å²) in [7, 11) is 0. The lowest BCUT2D eigenvalue weighted by atomic mass is 10.0. The van der Waals surface area contributed by atoms with Gasteiger partial charge in [0.15, 0.2) is 0 Å². The smallest absolute Gasteiger partial charge is 0.335 e. The Labute approximate surface area is 98.4 Å². The van der Waals surface area contributed by atoms with Gasteiger partial charge >= 0.3 is 11.9 Å². The zero-order valence-electron chi connectivity index (χ0n) is 9.36. The first-order chi connectivity index (χ1) is 7.91. The Bertz CT molecular complexity index is 479. The molecule has 5 heteroatoms. The van der Waals surface area contributed by atoms with Crippen LogP contribution in [0.3, 0.4) is 0 Å². The van der Waals surface area contributed by atoms with Crippen LogP contribution in [0.25, 0.3) is 5.57 Å². The minimum Gasteiger partial charge on any atom is -0.480 e.